The summed E-state index contributed by atoms with van der Waals surface area (Å²) in [6.07, 6.45) is 0. The maximum atomic E-state index is 12.4. The fourth-order valence-corrected chi connectivity index (χ4v) is 2.70. The van der Waals surface area contributed by atoms with Crippen molar-refractivity contribution in [3.05, 3.63) is 28.2 Å². The van der Waals surface area contributed by atoms with Gasteiger partial charge in [0, 0.05) is 29.6 Å². The van der Waals surface area contributed by atoms with Gasteiger partial charge in [-0.3, -0.25) is 4.79 Å². The SMILES string of the molecule is CC1CN(C(=O)c2cc(Br)ccc2O)CC(C)N1. The number of phenolic OH excluding ortho intramolecular Hbond substituents is 1. The van der Waals surface area contributed by atoms with Crippen molar-refractivity contribution < 1.29 is 9.90 Å². The average Bonchev–Trinajstić information content (AvgIpc) is 2.30. The third-order valence-electron chi connectivity index (χ3n) is 3.03. The highest BCUT2D eigenvalue weighted by molar-refractivity contribution is 9.10. The minimum atomic E-state index is -0.117. The number of hydrogen-bond acceptors (Lipinski definition) is 3. The first-order valence-electron chi connectivity index (χ1n) is 6.01. The Kier molecular flexibility index (Phi) is 3.92. The van der Waals surface area contributed by atoms with Gasteiger partial charge in [-0.05, 0) is 32.0 Å². The summed E-state index contributed by atoms with van der Waals surface area (Å²) in [6, 6.07) is 5.45. The number of aromatic hydroxyl groups is 1. The zero-order valence-corrected chi connectivity index (χ0v) is 12.1. The number of nitrogens with one attached hydrogen (secondary N) is 1. The Hall–Kier alpha value is -1.07. The zero-order chi connectivity index (χ0) is 13.3. The van der Waals surface area contributed by atoms with E-state index in [0.717, 1.165) is 4.47 Å². The van der Waals surface area contributed by atoms with E-state index in [4.69, 9.17) is 0 Å². The van der Waals surface area contributed by atoms with Gasteiger partial charge in [0.1, 0.15) is 5.75 Å². The minimum absolute atomic E-state index is 0.0297. The van der Waals surface area contributed by atoms with E-state index in [1.807, 2.05) is 0 Å². The van der Waals surface area contributed by atoms with Gasteiger partial charge in [0.25, 0.3) is 5.91 Å². The predicted molar refractivity (Wildman–Crippen MR) is 73.8 cm³/mol. The van der Waals surface area contributed by atoms with Gasteiger partial charge >= 0.3 is 0 Å². The lowest BCUT2D eigenvalue weighted by Crippen LogP contribution is -2.55. The second-order valence-corrected chi connectivity index (χ2v) is 5.76. The summed E-state index contributed by atoms with van der Waals surface area (Å²) in [5, 5.41) is 13.2. The molecule has 0 saturated carbocycles. The predicted octanol–water partition coefficient (Wildman–Crippen LogP) is 1.98. The Balaban J connectivity index is 2.22. The molecule has 1 fully saturated rings. The maximum Gasteiger partial charge on any atom is 0.257 e. The summed E-state index contributed by atoms with van der Waals surface area (Å²) in [4.78, 5) is 14.2. The smallest absolute Gasteiger partial charge is 0.257 e. The van der Waals surface area contributed by atoms with Gasteiger partial charge in [-0.25, -0.2) is 0 Å². The molecule has 1 amide bonds. The Morgan fingerprint density at radius 1 is 1.39 bits per heavy atom. The summed E-state index contributed by atoms with van der Waals surface area (Å²) in [6.45, 7) is 5.43. The van der Waals surface area contributed by atoms with E-state index in [1.54, 1.807) is 17.0 Å². The molecule has 98 valence electrons. The van der Waals surface area contributed by atoms with E-state index in [9.17, 15) is 9.90 Å². The molecule has 2 atom stereocenters. The molecule has 2 rings (SSSR count). The van der Waals surface area contributed by atoms with Crippen LogP contribution in [0.15, 0.2) is 22.7 Å². The molecule has 18 heavy (non-hydrogen) atoms. The fraction of sp³-hybridized carbons (Fsp3) is 0.462. The van der Waals surface area contributed by atoms with Gasteiger partial charge in [0.05, 0.1) is 5.56 Å². The van der Waals surface area contributed by atoms with Gasteiger partial charge in [-0.15, -0.1) is 0 Å². The first-order chi connectivity index (χ1) is 8.47. The topological polar surface area (TPSA) is 52.6 Å². The van der Waals surface area contributed by atoms with Crippen molar-refractivity contribution in [1.82, 2.24) is 10.2 Å². The molecule has 1 aliphatic rings. The van der Waals surface area contributed by atoms with Gasteiger partial charge in [0.15, 0.2) is 0 Å². The van der Waals surface area contributed by atoms with Crippen molar-refractivity contribution in [2.75, 3.05) is 13.1 Å². The van der Waals surface area contributed by atoms with Crippen LogP contribution in [-0.4, -0.2) is 41.1 Å². The Morgan fingerprint density at radius 2 is 2.00 bits per heavy atom. The summed E-state index contributed by atoms with van der Waals surface area (Å²) in [5.41, 5.74) is 0.352. The number of benzene rings is 1. The van der Waals surface area contributed by atoms with Crippen LogP contribution in [0.5, 0.6) is 5.75 Å². The molecular formula is C13H17BrN2O2. The number of carbonyl (C=O) groups is 1. The lowest BCUT2D eigenvalue weighted by atomic mass is 10.1. The molecule has 2 unspecified atom stereocenters. The molecule has 0 aliphatic carbocycles. The van der Waals surface area contributed by atoms with Crippen LogP contribution >= 0.6 is 15.9 Å². The van der Waals surface area contributed by atoms with Crippen molar-refractivity contribution in [2.45, 2.75) is 25.9 Å². The van der Waals surface area contributed by atoms with Crippen molar-refractivity contribution in [3.63, 3.8) is 0 Å². The molecule has 1 aliphatic heterocycles. The highest BCUT2D eigenvalue weighted by atomic mass is 79.9. The number of nitrogens with zero attached hydrogens (tertiary/aromatic N) is 1. The third-order valence-corrected chi connectivity index (χ3v) is 3.53. The number of phenols is 1. The van der Waals surface area contributed by atoms with Crippen LogP contribution in [0.3, 0.4) is 0 Å². The van der Waals surface area contributed by atoms with Crippen molar-refractivity contribution in [2.24, 2.45) is 0 Å². The molecule has 2 N–H and O–H groups in total. The molecule has 0 radical (unpaired) electrons. The largest absolute Gasteiger partial charge is 0.507 e. The summed E-state index contributed by atoms with van der Waals surface area (Å²) in [7, 11) is 0. The molecule has 0 spiro atoms. The monoisotopic (exact) mass is 312 g/mol. The number of carbonyl (C=O) groups excluding carboxylic acids is 1. The van der Waals surface area contributed by atoms with Crippen LogP contribution in [0.25, 0.3) is 0 Å². The van der Waals surface area contributed by atoms with Crippen LogP contribution in [0.4, 0.5) is 0 Å². The van der Waals surface area contributed by atoms with Crippen LogP contribution in [0.2, 0.25) is 0 Å². The maximum absolute atomic E-state index is 12.4. The molecular weight excluding hydrogens is 296 g/mol. The second kappa shape index (κ2) is 5.28. The molecule has 1 aromatic carbocycles. The highest BCUT2D eigenvalue weighted by Gasteiger charge is 2.26. The van der Waals surface area contributed by atoms with Crippen molar-refractivity contribution in [1.29, 1.82) is 0 Å². The van der Waals surface area contributed by atoms with Crippen molar-refractivity contribution >= 4 is 21.8 Å². The molecule has 4 nitrogen and oxygen atoms in total. The lowest BCUT2D eigenvalue weighted by Gasteiger charge is -2.36. The Morgan fingerprint density at radius 3 is 2.61 bits per heavy atom. The van der Waals surface area contributed by atoms with Gasteiger partial charge in [-0.1, -0.05) is 15.9 Å². The summed E-state index contributed by atoms with van der Waals surface area (Å²) in [5.74, 6) is -0.0870. The number of piperazine rings is 1. The lowest BCUT2D eigenvalue weighted by molar-refractivity contribution is 0.0670. The highest BCUT2D eigenvalue weighted by Crippen LogP contribution is 2.24. The van der Waals surface area contributed by atoms with E-state index in [1.165, 1.54) is 6.07 Å². The van der Waals surface area contributed by atoms with E-state index in [-0.39, 0.29) is 23.7 Å². The van der Waals surface area contributed by atoms with E-state index in [0.29, 0.717) is 18.7 Å². The van der Waals surface area contributed by atoms with Crippen LogP contribution in [-0.2, 0) is 0 Å². The number of hydrogen-bond donors (Lipinski definition) is 2. The molecule has 0 aromatic heterocycles. The first kappa shape index (κ1) is 13.4. The Bertz CT molecular complexity index is 454. The molecule has 1 aromatic rings. The van der Waals surface area contributed by atoms with E-state index in [2.05, 4.69) is 35.1 Å². The molecule has 5 heteroatoms. The van der Waals surface area contributed by atoms with Gasteiger partial charge in [0.2, 0.25) is 0 Å². The quantitative estimate of drug-likeness (QED) is 0.833. The van der Waals surface area contributed by atoms with Gasteiger partial charge in [-0.2, -0.15) is 0 Å². The number of amides is 1. The molecule has 0 bridgehead atoms. The standard InChI is InChI=1S/C13H17BrN2O2/c1-8-6-16(7-9(2)15-8)13(18)11-5-10(14)3-4-12(11)17/h3-5,8-9,15,17H,6-7H2,1-2H3. The van der Waals surface area contributed by atoms with Gasteiger partial charge < -0.3 is 15.3 Å². The minimum Gasteiger partial charge on any atom is -0.507 e. The number of halogens is 1. The normalized spacial score (nSPS) is 24.1. The van der Waals surface area contributed by atoms with Crippen LogP contribution in [0, 0.1) is 0 Å². The average molecular weight is 313 g/mol. The van der Waals surface area contributed by atoms with E-state index < -0.39 is 0 Å². The zero-order valence-electron chi connectivity index (χ0n) is 10.5. The summed E-state index contributed by atoms with van der Waals surface area (Å²) < 4.78 is 0.792. The Labute approximate surface area is 115 Å². The summed E-state index contributed by atoms with van der Waals surface area (Å²) >= 11 is 3.32. The molecule has 1 saturated heterocycles. The second-order valence-electron chi connectivity index (χ2n) is 4.84. The third kappa shape index (κ3) is 2.84. The fourth-order valence-electron chi connectivity index (χ4n) is 2.34. The van der Waals surface area contributed by atoms with E-state index >= 15 is 0 Å². The van der Waals surface area contributed by atoms with Crippen molar-refractivity contribution in [3.8, 4) is 5.75 Å². The first-order valence-corrected chi connectivity index (χ1v) is 6.80. The number of rotatable bonds is 1. The molecule has 1 heterocycles. The van der Waals surface area contributed by atoms with Crippen LogP contribution in [0.1, 0.15) is 24.2 Å². The van der Waals surface area contributed by atoms with Crippen LogP contribution < -0.4 is 5.32 Å².